The highest BCUT2D eigenvalue weighted by Crippen LogP contribution is 2.13. The quantitative estimate of drug-likeness (QED) is 0.223. The lowest BCUT2D eigenvalue weighted by molar-refractivity contribution is 0.424. The van der Waals surface area contributed by atoms with E-state index in [4.69, 9.17) is 0 Å². The van der Waals surface area contributed by atoms with Crippen molar-refractivity contribution in [3.05, 3.63) is 22.4 Å². The Labute approximate surface area is 173 Å². The first-order valence-electron chi connectivity index (χ1n) is 8.28. The zero-order valence-electron chi connectivity index (χ0n) is 15.5. The third-order valence-electron chi connectivity index (χ3n) is 3.67. The van der Waals surface area contributed by atoms with E-state index in [2.05, 4.69) is 40.1 Å². The zero-order chi connectivity index (χ0) is 18.0. The molecule has 2 N–H and O–H groups in total. The number of guanidine groups is 1. The van der Waals surface area contributed by atoms with Crippen molar-refractivity contribution in [1.29, 1.82) is 0 Å². The third-order valence-corrected chi connectivity index (χ3v) is 5.95. The van der Waals surface area contributed by atoms with E-state index in [1.807, 2.05) is 6.92 Å². The molecule has 0 aliphatic rings. The van der Waals surface area contributed by atoms with E-state index < -0.39 is 10.0 Å². The van der Waals surface area contributed by atoms with Gasteiger partial charge in [-0.25, -0.2) is 12.7 Å². The maximum absolute atomic E-state index is 11.5. The number of sulfonamides is 1. The molecule has 0 amide bonds. The average molecular weight is 502 g/mol. The lowest BCUT2D eigenvalue weighted by Gasteiger charge is -2.19. The molecule has 0 radical (unpaired) electrons. The second kappa shape index (κ2) is 12.9. The van der Waals surface area contributed by atoms with Gasteiger partial charge in [0.15, 0.2) is 5.96 Å². The van der Waals surface area contributed by atoms with Crippen LogP contribution in [0, 0.1) is 5.92 Å². The largest absolute Gasteiger partial charge is 0.356 e. The van der Waals surface area contributed by atoms with Crippen LogP contribution in [0.2, 0.25) is 0 Å². The van der Waals surface area contributed by atoms with Crippen molar-refractivity contribution in [2.45, 2.75) is 26.7 Å². The molecule has 0 aliphatic heterocycles. The first-order valence-corrected chi connectivity index (χ1v) is 11.0. The molecule has 0 fully saturated rings. The Morgan fingerprint density at radius 1 is 1.40 bits per heavy atom. The summed E-state index contributed by atoms with van der Waals surface area (Å²) in [6, 6.07) is 4.24. The van der Waals surface area contributed by atoms with Crippen molar-refractivity contribution in [1.82, 2.24) is 14.9 Å². The van der Waals surface area contributed by atoms with Gasteiger partial charge in [-0.1, -0.05) is 19.9 Å². The van der Waals surface area contributed by atoms with Crippen molar-refractivity contribution in [2.75, 3.05) is 39.5 Å². The average Bonchev–Trinajstić information content (AvgIpc) is 3.01. The molecule has 0 spiro atoms. The zero-order valence-corrected chi connectivity index (χ0v) is 19.5. The minimum absolute atomic E-state index is 0. The summed E-state index contributed by atoms with van der Waals surface area (Å²) in [5.41, 5.74) is 0. The molecule has 9 heteroatoms. The molecule has 1 rings (SSSR count). The third kappa shape index (κ3) is 10.4. The Bertz CT molecular complexity index is 591. The van der Waals surface area contributed by atoms with E-state index in [0.717, 1.165) is 25.3 Å². The standard InChI is InChI=1S/C16H30N4O2S2.HI/c1-5-20(24(4,21)22)10-7-9-18-16(17-3)19-13-14(2)12-15-8-6-11-23-15;/h6,8,11,14H,5,7,9-10,12-13H2,1-4H3,(H2,17,18,19);1H. The summed E-state index contributed by atoms with van der Waals surface area (Å²) in [4.78, 5) is 5.60. The summed E-state index contributed by atoms with van der Waals surface area (Å²) in [6.07, 6.45) is 3.05. The number of rotatable bonds is 10. The van der Waals surface area contributed by atoms with E-state index in [0.29, 0.717) is 25.6 Å². The van der Waals surface area contributed by atoms with Gasteiger partial charge in [-0.15, -0.1) is 35.3 Å². The Morgan fingerprint density at radius 2 is 2.12 bits per heavy atom. The van der Waals surface area contributed by atoms with Gasteiger partial charge < -0.3 is 10.6 Å². The highest BCUT2D eigenvalue weighted by Gasteiger charge is 2.13. The van der Waals surface area contributed by atoms with Gasteiger partial charge in [-0.3, -0.25) is 4.99 Å². The highest BCUT2D eigenvalue weighted by atomic mass is 127. The van der Waals surface area contributed by atoms with Crippen LogP contribution in [0.4, 0.5) is 0 Å². The predicted octanol–water partition coefficient (Wildman–Crippen LogP) is 2.38. The normalized spacial score (nSPS) is 13.4. The van der Waals surface area contributed by atoms with Gasteiger partial charge in [0.2, 0.25) is 10.0 Å². The van der Waals surface area contributed by atoms with Gasteiger partial charge in [0, 0.05) is 38.1 Å². The summed E-state index contributed by atoms with van der Waals surface area (Å²) < 4.78 is 24.5. The van der Waals surface area contributed by atoms with Crippen LogP contribution in [-0.2, 0) is 16.4 Å². The summed E-state index contributed by atoms with van der Waals surface area (Å²) in [5, 5.41) is 8.66. The van der Waals surface area contributed by atoms with Gasteiger partial charge in [-0.05, 0) is 30.2 Å². The molecule has 6 nitrogen and oxygen atoms in total. The second-order valence-corrected chi connectivity index (χ2v) is 8.89. The van der Waals surface area contributed by atoms with E-state index in [-0.39, 0.29) is 24.0 Å². The van der Waals surface area contributed by atoms with E-state index >= 15 is 0 Å². The monoisotopic (exact) mass is 502 g/mol. The van der Waals surface area contributed by atoms with Crippen molar-refractivity contribution < 1.29 is 8.42 Å². The Balaban J connectivity index is 0.00000576. The van der Waals surface area contributed by atoms with Crippen LogP contribution in [0.3, 0.4) is 0 Å². The van der Waals surface area contributed by atoms with Crippen LogP contribution < -0.4 is 10.6 Å². The molecule has 0 saturated heterocycles. The number of nitrogens with zero attached hydrogens (tertiary/aromatic N) is 2. The van der Waals surface area contributed by atoms with Crippen LogP contribution >= 0.6 is 35.3 Å². The van der Waals surface area contributed by atoms with Crippen molar-refractivity contribution in [3.63, 3.8) is 0 Å². The molecular weight excluding hydrogens is 471 g/mol. The van der Waals surface area contributed by atoms with E-state index in [1.165, 1.54) is 15.4 Å². The van der Waals surface area contributed by atoms with Crippen molar-refractivity contribution >= 4 is 51.3 Å². The maximum atomic E-state index is 11.5. The molecule has 0 bridgehead atoms. The van der Waals surface area contributed by atoms with E-state index in [1.54, 1.807) is 18.4 Å². The molecule has 1 atom stereocenters. The van der Waals surface area contributed by atoms with Gasteiger partial charge in [0.05, 0.1) is 6.26 Å². The smallest absolute Gasteiger partial charge is 0.211 e. The van der Waals surface area contributed by atoms with Gasteiger partial charge in [0.1, 0.15) is 0 Å². The number of thiophene rings is 1. The number of hydrogen-bond acceptors (Lipinski definition) is 4. The Kier molecular flexibility index (Phi) is 12.7. The minimum Gasteiger partial charge on any atom is -0.356 e. The summed E-state index contributed by atoms with van der Waals surface area (Å²) in [7, 11) is -1.36. The molecule has 0 aromatic carbocycles. The maximum Gasteiger partial charge on any atom is 0.211 e. The molecule has 1 heterocycles. The summed E-state index contributed by atoms with van der Waals surface area (Å²) in [6.45, 7) is 6.63. The fraction of sp³-hybridized carbons (Fsp3) is 0.688. The number of hydrogen-bond donors (Lipinski definition) is 2. The van der Waals surface area contributed by atoms with Crippen LogP contribution in [0.25, 0.3) is 0 Å². The van der Waals surface area contributed by atoms with Crippen molar-refractivity contribution in [2.24, 2.45) is 10.9 Å². The molecule has 1 unspecified atom stereocenters. The number of nitrogens with one attached hydrogen (secondary N) is 2. The molecular formula is C16H31IN4O2S2. The SMILES string of the molecule is CCN(CCCNC(=NC)NCC(C)Cc1cccs1)S(C)(=O)=O.I. The Hall–Kier alpha value is -0.390. The van der Waals surface area contributed by atoms with E-state index in [9.17, 15) is 8.42 Å². The van der Waals surface area contributed by atoms with Gasteiger partial charge in [0.25, 0.3) is 0 Å². The molecule has 25 heavy (non-hydrogen) atoms. The number of aliphatic imine (C=N–C) groups is 1. The lowest BCUT2D eigenvalue weighted by atomic mass is 10.1. The first kappa shape index (κ1) is 24.6. The Morgan fingerprint density at radius 3 is 2.64 bits per heavy atom. The fourth-order valence-corrected chi connectivity index (χ4v) is 4.16. The first-order chi connectivity index (χ1) is 11.4. The fourth-order valence-electron chi connectivity index (χ4n) is 2.36. The minimum atomic E-state index is -3.11. The predicted molar refractivity (Wildman–Crippen MR) is 119 cm³/mol. The van der Waals surface area contributed by atoms with Crippen molar-refractivity contribution in [3.8, 4) is 0 Å². The van der Waals surface area contributed by atoms with Gasteiger partial charge >= 0.3 is 0 Å². The van der Waals surface area contributed by atoms with Crippen LogP contribution in [0.15, 0.2) is 22.5 Å². The molecule has 1 aromatic heterocycles. The second-order valence-electron chi connectivity index (χ2n) is 5.88. The molecule has 0 saturated carbocycles. The van der Waals surface area contributed by atoms with Crippen LogP contribution in [0.5, 0.6) is 0 Å². The summed E-state index contributed by atoms with van der Waals surface area (Å²) >= 11 is 1.79. The van der Waals surface area contributed by atoms with Crippen LogP contribution in [-0.4, -0.2) is 58.2 Å². The molecule has 0 aliphatic carbocycles. The molecule has 1 aromatic rings. The summed E-state index contributed by atoms with van der Waals surface area (Å²) in [5.74, 6) is 1.28. The lowest BCUT2D eigenvalue weighted by Crippen LogP contribution is -2.41. The molecule has 146 valence electrons. The number of halogens is 1. The topological polar surface area (TPSA) is 73.8 Å². The highest BCUT2D eigenvalue weighted by molar-refractivity contribution is 14.0. The van der Waals surface area contributed by atoms with Gasteiger partial charge in [-0.2, -0.15) is 0 Å². The van der Waals surface area contributed by atoms with Crippen LogP contribution in [0.1, 0.15) is 25.1 Å².